The quantitative estimate of drug-likeness (QED) is 0.346. The van der Waals surface area contributed by atoms with Gasteiger partial charge in [0.25, 0.3) is 5.91 Å². The molecule has 0 aliphatic heterocycles. The molecule has 36 heavy (non-hydrogen) atoms. The van der Waals surface area contributed by atoms with Gasteiger partial charge in [-0.1, -0.05) is 29.5 Å². The molecule has 0 spiro atoms. The maximum absolute atomic E-state index is 14.7. The van der Waals surface area contributed by atoms with Crippen molar-refractivity contribution < 1.29 is 23.1 Å². The van der Waals surface area contributed by atoms with E-state index in [0.717, 1.165) is 22.6 Å². The number of hydrogen-bond acceptors (Lipinski definition) is 6. The molecule has 8 nitrogen and oxygen atoms in total. The number of nitrogens with zero attached hydrogens (tertiary/aromatic N) is 5. The van der Waals surface area contributed by atoms with Gasteiger partial charge in [0.2, 0.25) is 0 Å². The Bertz CT molecular complexity index is 1500. The van der Waals surface area contributed by atoms with E-state index in [1.54, 1.807) is 22.7 Å². The van der Waals surface area contributed by atoms with E-state index < -0.39 is 29.2 Å². The van der Waals surface area contributed by atoms with Gasteiger partial charge in [0.05, 0.1) is 17.5 Å². The molecule has 2 N–H and O–H groups in total. The van der Waals surface area contributed by atoms with Crippen LogP contribution in [0.25, 0.3) is 15.4 Å². The number of thiazole rings is 1. The molecule has 0 aliphatic carbocycles. The fourth-order valence-corrected chi connectivity index (χ4v) is 4.87. The Balaban J connectivity index is 1.40. The van der Waals surface area contributed by atoms with Crippen LogP contribution < -0.4 is 5.32 Å². The van der Waals surface area contributed by atoms with Crippen molar-refractivity contribution in [3.8, 4) is 10.4 Å². The monoisotopic (exact) mass is 512 g/mol. The molecule has 2 atom stereocenters. The third-order valence-electron chi connectivity index (χ3n) is 5.85. The number of rotatable bonds is 7. The Morgan fingerprint density at radius 2 is 1.89 bits per heavy atom. The molecule has 3 heterocycles. The number of imidazole rings is 1. The van der Waals surface area contributed by atoms with Crippen LogP contribution in [0.15, 0.2) is 67.5 Å². The molecule has 12 heteroatoms. The van der Waals surface area contributed by atoms with E-state index in [9.17, 15) is 23.1 Å². The van der Waals surface area contributed by atoms with Gasteiger partial charge >= 0.3 is 0 Å². The van der Waals surface area contributed by atoms with E-state index in [0.29, 0.717) is 11.0 Å². The number of aliphatic hydroxyl groups is 1. The number of carbonyl (C=O) groups excluding carboxylic acids is 1. The number of nitrogens with one attached hydrogen (secondary N) is 1. The molecule has 0 unspecified atom stereocenters. The standard InChI is InChI=1S/C24H19F3N6O2S/c1-14(24(35,11-33-13-28-12-29-33)18-7-6-17(26)8-19(18)27)30-22(34)20-9-32-10-21(36-23(32)31-20)15-2-4-16(25)5-3-15/h2-10,12-14,35H,11H2,1H3,(H,30,34)/t14-,24-/m1/s1. The van der Waals surface area contributed by atoms with Crippen LogP contribution >= 0.6 is 11.3 Å². The van der Waals surface area contributed by atoms with Crippen LogP contribution in [0.4, 0.5) is 13.2 Å². The summed E-state index contributed by atoms with van der Waals surface area (Å²) in [6.07, 6.45) is 5.89. The molecule has 5 aromatic rings. The maximum atomic E-state index is 14.7. The predicted molar refractivity (Wildman–Crippen MR) is 126 cm³/mol. The Morgan fingerprint density at radius 1 is 1.14 bits per heavy atom. The second-order valence-electron chi connectivity index (χ2n) is 8.25. The first-order valence-corrected chi connectivity index (χ1v) is 11.6. The van der Waals surface area contributed by atoms with Crippen LogP contribution in [-0.4, -0.2) is 41.2 Å². The summed E-state index contributed by atoms with van der Waals surface area (Å²) in [5.74, 6) is -2.69. The first-order chi connectivity index (χ1) is 17.2. The molecule has 0 fully saturated rings. The molecule has 5 rings (SSSR count). The van der Waals surface area contributed by atoms with E-state index >= 15 is 0 Å². The van der Waals surface area contributed by atoms with Crippen molar-refractivity contribution in [1.82, 2.24) is 29.5 Å². The molecule has 0 bridgehead atoms. The normalized spacial score (nSPS) is 14.0. The van der Waals surface area contributed by atoms with Crippen LogP contribution in [0.3, 0.4) is 0 Å². The highest BCUT2D eigenvalue weighted by Gasteiger charge is 2.40. The summed E-state index contributed by atoms with van der Waals surface area (Å²) >= 11 is 1.32. The lowest BCUT2D eigenvalue weighted by atomic mass is 9.86. The molecular weight excluding hydrogens is 493 g/mol. The Hall–Kier alpha value is -4.03. The predicted octanol–water partition coefficient (Wildman–Crippen LogP) is 3.78. The minimum atomic E-state index is -1.99. The van der Waals surface area contributed by atoms with Gasteiger partial charge in [0.15, 0.2) is 4.96 Å². The third kappa shape index (κ3) is 4.48. The SMILES string of the molecule is C[C@@H](NC(=O)c1cn2cc(-c3ccc(F)cc3)sc2n1)[C@](O)(Cn1cncn1)c1ccc(F)cc1F. The van der Waals surface area contributed by atoms with Crippen LogP contribution in [0.5, 0.6) is 0 Å². The van der Waals surface area contributed by atoms with Gasteiger partial charge in [0.1, 0.15) is 41.4 Å². The van der Waals surface area contributed by atoms with Crippen molar-refractivity contribution in [3.63, 3.8) is 0 Å². The average Bonchev–Trinajstić information content (AvgIpc) is 3.56. The zero-order valence-electron chi connectivity index (χ0n) is 18.8. The first-order valence-electron chi connectivity index (χ1n) is 10.8. The van der Waals surface area contributed by atoms with Crippen molar-refractivity contribution in [3.05, 3.63) is 96.2 Å². The molecule has 3 aromatic heterocycles. The number of carbonyl (C=O) groups is 1. The lowest BCUT2D eigenvalue weighted by Gasteiger charge is -2.35. The van der Waals surface area contributed by atoms with Crippen LogP contribution in [0.2, 0.25) is 0 Å². The highest BCUT2D eigenvalue weighted by molar-refractivity contribution is 7.20. The Labute approximate surface area is 206 Å². The molecule has 0 aliphatic rings. The van der Waals surface area contributed by atoms with Gasteiger partial charge < -0.3 is 10.4 Å². The van der Waals surface area contributed by atoms with Gasteiger partial charge in [-0.05, 0) is 30.7 Å². The molecule has 184 valence electrons. The summed E-state index contributed by atoms with van der Waals surface area (Å²) in [6, 6.07) is 7.82. The molecule has 0 saturated heterocycles. The van der Waals surface area contributed by atoms with Crippen molar-refractivity contribution in [2.45, 2.75) is 25.1 Å². The van der Waals surface area contributed by atoms with Crippen molar-refractivity contribution in [2.75, 3.05) is 0 Å². The molecule has 0 radical (unpaired) electrons. The molecule has 0 saturated carbocycles. The van der Waals surface area contributed by atoms with E-state index in [4.69, 9.17) is 0 Å². The molecule has 1 amide bonds. The number of benzene rings is 2. The summed E-state index contributed by atoms with van der Waals surface area (Å²) in [5.41, 5.74) is -1.30. The van der Waals surface area contributed by atoms with Gasteiger partial charge in [-0.2, -0.15) is 5.10 Å². The summed E-state index contributed by atoms with van der Waals surface area (Å²) in [5, 5.41) is 18.2. The largest absolute Gasteiger partial charge is 0.381 e. The topological polar surface area (TPSA) is 97.3 Å². The average molecular weight is 513 g/mol. The van der Waals surface area contributed by atoms with Crippen LogP contribution in [0.1, 0.15) is 23.0 Å². The second kappa shape index (κ2) is 9.21. The van der Waals surface area contributed by atoms with Crippen molar-refractivity contribution >= 4 is 22.2 Å². The minimum absolute atomic E-state index is 0.0847. The Kier molecular flexibility index (Phi) is 6.06. The molecule has 2 aromatic carbocycles. The number of amides is 1. The number of halogens is 3. The number of hydrogen-bond donors (Lipinski definition) is 2. The van der Waals surface area contributed by atoms with Crippen molar-refractivity contribution in [2.24, 2.45) is 0 Å². The molecular formula is C24H19F3N6O2S. The van der Waals surface area contributed by atoms with Gasteiger partial charge in [-0.3, -0.25) is 9.20 Å². The smallest absolute Gasteiger partial charge is 0.271 e. The lowest BCUT2D eigenvalue weighted by molar-refractivity contribution is -0.0186. The summed E-state index contributed by atoms with van der Waals surface area (Å²) < 4.78 is 44.4. The minimum Gasteiger partial charge on any atom is -0.381 e. The first kappa shape index (κ1) is 23.7. The highest BCUT2D eigenvalue weighted by Crippen LogP contribution is 2.31. The Morgan fingerprint density at radius 3 is 2.56 bits per heavy atom. The highest BCUT2D eigenvalue weighted by atomic mass is 32.1. The van der Waals surface area contributed by atoms with Crippen LogP contribution in [-0.2, 0) is 12.1 Å². The lowest BCUT2D eigenvalue weighted by Crippen LogP contribution is -2.52. The van der Waals surface area contributed by atoms with E-state index in [1.165, 1.54) is 53.9 Å². The fraction of sp³-hybridized carbons (Fsp3) is 0.167. The summed E-state index contributed by atoms with van der Waals surface area (Å²) in [6.45, 7) is 1.25. The summed E-state index contributed by atoms with van der Waals surface area (Å²) in [7, 11) is 0. The van der Waals surface area contributed by atoms with Gasteiger partial charge in [-0.25, -0.2) is 27.8 Å². The second-order valence-corrected chi connectivity index (χ2v) is 9.26. The third-order valence-corrected chi connectivity index (χ3v) is 6.89. The summed E-state index contributed by atoms with van der Waals surface area (Å²) in [4.78, 5) is 22.6. The van der Waals surface area contributed by atoms with Gasteiger partial charge in [-0.15, -0.1) is 0 Å². The van der Waals surface area contributed by atoms with E-state index in [1.807, 2.05) is 0 Å². The number of aromatic nitrogens is 5. The zero-order valence-corrected chi connectivity index (χ0v) is 19.6. The fourth-order valence-electron chi connectivity index (χ4n) is 3.90. The van der Waals surface area contributed by atoms with E-state index in [2.05, 4.69) is 20.4 Å². The van der Waals surface area contributed by atoms with Gasteiger partial charge in [0, 0.05) is 24.0 Å². The number of fused-ring (bicyclic) bond motifs is 1. The van der Waals surface area contributed by atoms with Crippen molar-refractivity contribution in [1.29, 1.82) is 0 Å². The maximum Gasteiger partial charge on any atom is 0.271 e. The van der Waals surface area contributed by atoms with Crippen LogP contribution in [0, 0.1) is 17.5 Å². The zero-order chi connectivity index (χ0) is 25.4. The van der Waals surface area contributed by atoms with E-state index in [-0.39, 0.29) is 23.6 Å².